The van der Waals surface area contributed by atoms with Crippen LogP contribution < -0.4 is 0 Å². The van der Waals surface area contributed by atoms with Gasteiger partial charge in [-0.25, -0.2) is 4.39 Å². The molecule has 0 N–H and O–H groups in total. The number of amides is 1. The minimum absolute atomic E-state index is 0.184. The Bertz CT molecular complexity index is 554. The topological polar surface area (TPSA) is 20.3 Å². The van der Waals surface area contributed by atoms with Crippen LogP contribution in [0.2, 0.25) is 5.02 Å². The summed E-state index contributed by atoms with van der Waals surface area (Å²) in [5.41, 5.74) is 0.223. The molecule has 1 aliphatic heterocycles. The fourth-order valence-corrected chi connectivity index (χ4v) is 3.20. The summed E-state index contributed by atoms with van der Waals surface area (Å²) in [6, 6.07) is 4.42. The van der Waals surface area contributed by atoms with Gasteiger partial charge < -0.3 is 0 Å². The summed E-state index contributed by atoms with van der Waals surface area (Å²) < 4.78 is 14.2. The van der Waals surface area contributed by atoms with Gasteiger partial charge in [0.1, 0.15) is 10.1 Å². The molecule has 6 heteroatoms. The maximum atomic E-state index is 13.7. The molecule has 1 fully saturated rings. The minimum atomic E-state index is -0.451. The van der Waals surface area contributed by atoms with Crippen molar-refractivity contribution in [2.75, 3.05) is 6.54 Å². The van der Waals surface area contributed by atoms with E-state index in [1.54, 1.807) is 6.07 Å². The van der Waals surface area contributed by atoms with E-state index < -0.39 is 5.82 Å². The standard InChI is InChI=1S/C13H11ClFNOS2/c1-2-6-16-12(17)11(19-13(16)18)7-8-9(14)4-3-5-10(8)15/h3-5,7H,2,6H2,1H3. The highest BCUT2D eigenvalue weighted by Crippen LogP contribution is 2.34. The molecule has 0 spiro atoms. The molecule has 0 saturated carbocycles. The highest BCUT2D eigenvalue weighted by atomic mass is 35.5. The molecule has 1 heterocycles. The van der Waals surface area contributed by atoms with Gasteiger partial charge in [-0.1, -0.05) is 48.6 Å². The lowest BCUT2D eigenvalue weighted by molar-refractivity contribution is -0.122. The molecule has 2 rings (SSSR count). The molecule has 0 bridgehead atoms. The van der Waals surface area contributed by atoms with E-state index in [9.17, 15) is 9.18 Å². The van der Waals surface area contributed by atoms with Crippen molar-refractivity contribution in [1.29, 1.82) is 0 Å². The first-order valence-electron chi connectivity index (χ1n) is 5.74. The fraction of sp³-hybridized carbons (Fsp3) is 0.231. The van der Waals surface area contributed by atoms with Crippen molar-refractivity contribution in [1.82, 2.24) is 4.90 Å². The van der Waals surface area contributed by atoms with Crippen molar-refractivity contribution in [3.8, 4) is 0 Å². The zero-order valence-corrected chi connectivity index (χ0v) is 12.5. The number of rotatable bonds is 3. The van der Waals surface area contributed by atoms with Crippen LogP contribution in [0.3, 0.4) is 0 Å². The molecular formula is C13H11ClFNOS2. The molecule has 0 aromatic heterocycles. The molecule has 1 aromatic rings. The Kier molecular flexibility index (Phi) is 4.60. The molecule has 2 nitrogen and oxygen atoms in total. The van der Waals surface area contributed by atoms with Crippen LogP contribution in [0.25, 0.3) is 6.08 Å². The van der Waals surface area contributed by atoms with Gasteiger partial charge in [0.2, 0.25) is 0 Å². The molecule has 1 aliphatic rings. The molecule has 19 heavy (non-hydrogen) atoms. The van der Waals surface area contributed by atoms with E-state index in [-0.39, 0.29) is 16.5 Å². The lowest BCUT2D eigenvalue weighted by Crippen LogP contribution is -2.28. The van der Waals surface area contributed by atoms with Gasteiger partial charge in [0.25, 0.3) is 5.91 Å². The van der Waals surface area contributed by atoms with E-state index in [0.717, 1.165) is 6.42 Å². The Hall–Kier alpha value is -0.910. The van der Waals surface area contributed by atoms with Crippen LogP contribution in [0.5, 0.6) is 0 Å². The van der Waals surface area contributed by atoms with Crippen molar-refractivity contribution >= 4 is 51.9 Å². The van der Waals surface area contributed by atoms with Crippen molar-refractivity contribution in [3.05, 3.63) is 39.5 Å². The van der Waals surface area contributed by atoms with Crippen LogP contribution in [0.4, 0.5) is 4.39 Å². The lowest BCUT2D eigenvalue weighted by atomic mass is 10.2. The third-order valence-corrected chi connectivity index (χ3v) is 4.30. The van der Waals surface area contributed by atoms with Gasteiger partial charge in [-0.3, -0.25) is 9.69 Å². The van der Waals surface area contributed by atoms with E-state index in [2.05, 4.69) is 0 Å². The van der Waals surface area contributed by atoms with Gasteiger partial charge in [-0.2, -0.15) is 0 Å². The van der Waals surface area contributed by atoms with Crippen LogP contribution in [0, 0.1) is 5.82 Å². The summed E-state index contributed by atoms with van der Waals surface area (Å²) in [6.45, 7) is 2.54. The van der Waals surface area contributed by atoms with Crippen LogP contribution in [0.1, 0.15) is 18.9 Å². The summed E-state index contributed by atoms with van der Waals surface area (Å²) in [4.78, 5) is 14.1. The van der Waals surface area contributed by atoms with E-state index in [4.69, 9.17) is 23.8 Å². The number of thiocarbonyl (C=S) groups is 1. The second-order valence-corrected chi connectivity index (χ2v) is 6.05. The van der Waals surface area contributed by atoms with Crippen molar-refractivity contribution in [2.45, 2.75) is 13.3 Å². The Morgan fingerprint density at radius 3 is 2.89 bits per heavy atom. The number of thioether (sulfide) groups is 1. The first-order chi connectivity index (χ1) is 9.04. The maximum Gasteiger partial charge on any atom is 0.266 e. The summed E-state index contributed by atoms with van der Waals surface area (Å²) in [5, 5.41) is 0.278. The SMILES string of the molecule is CCCN1C(=O)C(=Cc2c(F)cccc2Cl)SC1=S. The highest BCUT2D eigenvalue weighted by Gasteiger charge is 2.31. The Labute approximate surface area is 125 Å². The zero-order valence-electron chi connectivity index (χ0n) is 10.2. The van der Waals surface area contributed by atoms with Gasteiger partial charge in [0.05, 0.1) is 9.93 Å². The van der Waals surface area contributed by atoms with Gasteiger partial charge >= 0.3 is 0 Å². The lowest BCUT2D eigenvalue weighted by Gasteiger charge is -2.11. The molecule has 0 aliphatic carbocycles. The van der Waals surface area contributed by atoms with Gasteiger partial charge in [-0.15, -0.1) is 0 Å². The molecule has 0 unspecified atom stereocenters. The van der Waals surface area contributed by atoms with Gasteiger partial charge in [0.15, 0.2) is 0 Å². The zero-order chi connectivity index (χ0) is 14.0. The minimum Gasteiger partial charge on any atom is -0.293 e. The van der Waals surface area contributed by atoms with Crippen molar-refractivity contribution in [2.24, 2.45) is 0 Å². The predicted molar refractivity (Wildman–Crippen MR) is 81.6 cm³/mol. The quantitative estimate of drug-likeness (QED) is 0.619. The summed E-state index contributed by atoms with van der Waals surface area (Å²) >= 11 is 12.3. The van der Waals surface area contributed by atoms with E-state index >= 15 is 0 Å². The second-order valence-electron chi connectivity index (χ2n) is 3.97. The van der Waals surface area contributed by atoms with Gasteiger partial charge in [-0.05, 0) is 24.6 Å². The number of hydrogen-bond donors (Lipinski definition) is 0. The third kappa shape index (κ3) is 2.99. The average molecular weight is 316 g/mol. The first-order valence-corrected chi connectivity index (χ1v) is 7.34. The smallest absolute Gasteiger partial charge is 0.266 e. The number of benzene rings is 1. The monoisotopic (exact) mass is 315 g/mol. The van der Waals surface area contributed by atoms with Crippen LogP contribution >= 0.6 is 35.6 Å². The summed E-state index contributed by atoms with van der Waals surface area (Å²) in [6.07, 6.45) is 2.28. The predicted octanol–water partition coefficient (Wildman–Crippen LogP) is 4.09. The number of hydrogen-bond acceptors (Lipinski definition) is 3. The molecular weight excluding hydrogens is 305 g/mol. The number of nitrogens with zero attached hydrogens (tertiary/aromatic N) is 1. The van der Waals surface area contributed by atoms with E-state index in [1.165, 1.54) is 34.9 Å². The van der Waals surface area contributed by atoms with Gasteiger partial charge in [0, 0.05) is 12.1 Å². The molecule has 0 radical (unpaired) electrons. The van der Waals surface area contributed by atoms with E-state index in [1.807, 2.05) is 6.92 Å². The highest BCUT2D eigenvalue weighted by molar-refractivity contribution is 8.26. The largest absolute Gasteiger partial charge is 0.293 e. The molecule has 1 aromatic carbocycles. The van der Waals surface area contributed by atoms with Crippen molar-refractivity contribution in [3.63, 3.8) is 0 Å². The molecule has 100 valence electrons. The Morgan fingerprint density at radius 2 is 2.26 bits per heavy atom. The van der Waals surface area contributed by atoms with Crippen LogP contribution in [-0.2, 0) is 4.79 Å². The molecule has 0 atom stereocenters. The van der Waals surface area contributed by atoms with Crippen LogP contribution in [-0.4, -0.2) is 21.7 Å². The molecule has 1 amide bonds. The number of carbonyl (C=O) groups is 1. The fourth-order valence-electron chi connectivity index (χ4n) is 1.70. The average Bonchev–Trinajstić information content (AvgIpc) is 2.62. The molecule has 1 saturated heterocycles. The number of carbonyl (C=O) groups excluding carboxylic acids is 1. The summed E-state index contributed by atoms with van der Waals surface area (Å²) in [7, 11) is 0. The Morgan fingerprint density at radius 1 is 1.53 bits per heavy atom. The second kappa shape index (κ2) is 6.03. The normalized spacial score (nSPS) is 17.6. The first kappa shape index (κ1) is 14.5. The maximum absolute atomic E-state index is 13.7. The van der Waals surface area contributed by atoms with Crippen molar-refractivity contribution < 1.29 is 9.18 Å². The summed E-state index contributed by atoms with van der Waals surface area (Å²) in [5.74, 6) is -0.635. The Balaban J connectivity index is 2.35. The van der Waals surface area contributed by atoms with Crippen LogP contribution in [0.15, 0.2) is 23.1 Å². The number of halogens is 2. The third-order valence-electron chi connectivity index (χ3n) is 2.60. The van der Waals surface area contributed by atoms with E-state index in [0.29, 0.717) is 15.8 Å².